The number of nitrogens with one attached hydrogen (secondary N) is 1. The van der Waals surface area contributed by atoms with Crippen molar-refractivity contribution in [1.29, 1.82) is 0 Å². The van der Waals surface area contributed by atoms with E-state index in [0.717, 1.165) is 10.0 Å². The number of esters is 1. The summed E-state index contributed by atoms with van der Waals surface area (Å²) in [5.74, 6) is -0.452. The third-order valence-electron chi connectivity index (χ3n) is 4.13. The fourth-order valence-electron chi connectivity index (χ4n) is 2.65. The Hall–Kier alpha value is -2.39. The number of carbonyl (C=O) groups excluding carboxylic acids is 2. The molecule has 170 valence electrons. The predicted octanol–water partition coefficient (Wildman–Crippen LogP) is 6.58. The van der Waals surface area contributed by atoms with Crippen molar-refractivity contribution in [2.24, 2.45) is 5.10 Å². The molecule has 10 heteroatoms. The average molecular weight is 615 g/mol. The van der Waals surface area contributed by atoms with Gasteiger partial charge in [0.15, 0.2) is 12.4 Å². The Morgan fingerprint density at radius 3 is 2.61 bits per heavy atom. The summed E-state index contributed by atoms with van der Waals surface area (Å²) in [6, 6.07) is 15.2. The van der Waals surface area contributed by atoms with E-state index in [2.05, 4.69) is 42.4 Å². The number of benzene rings is 3. The van der Waals surface area contributed by atoms with Crippen LogP contribution in [-0.4, -0.2) is 24.7 Å². The van der Waals surface area contributed by atoms with Crippen LogP contribution in [0.3, 0.4) is 0 Å². The molecule has 0 spiro atoms. The minimum Gasteiger partial charge on any atom is -0.482 e. The maximum absolute atomic E-state index is 12.6. The SMILES string of the molecule is Cc1cccc(C(=O)Oc2c(Br)cc(Br)cc2/C=N/NC(=O)COc2ccc(Cl)cc2Cl)c1. The first-order chi connectivity index (χ1) is 15.7. The van der Waals surface area contributed by atoms with E-state index in [1.54, 1.807) is 42.5 Å². The highest BCUT2D eigenvalue weighted by atomic mass is 79.9. The second-order valence-corrected chi connectivity index (χ2v) is 9.34. The minimum atomic E-state index is -0.520. The molecule has 6 nitrogen and oxygen atoms in total. The molecular weight excluding hydrogens is 599 g/mol. The highest BCUT2D eigenvalue weighted by Gasteiger charge is 2.15. The van der Waals surface area contributed by atoms with Crippen LogP contribution < -0.4 is 14.9 Å². The van der Waals surface area contributed by atoms with Crippen LogP contribution in [0.2, 0.25) is 10.0 Å². The van der Waals surface area contributed by atoms with Crippen LogP contribution in [0, 0.1) is 6.92 Å². The van der Waals surface area contributed by atoms with Gasteiger partial charge in [-0.05, 0) is 65.3 Å². The molecule has 1 amide bonds. The lowest BCUT2D eigenvalue weighted by atomic mass is 10.1. The molecule has 0 heterocycles. The average Bonchev–Trinajstić information content (AvgIpc) is 2.75. The second kappa shape index (κ2) is 11.7. The van der Waals surface area contributed by atoms with Gasteiger partial charge in [0, 0.05) is 15.1 Å². The molecule has 0 unspecified atom stereocenters. The van der Waals surface area contributed by atoms with Gasteiger partial charge in [0.05, 0.1) is 21.3 Å². The van der Waals surface area contributed by atoms with Gasteiger partial charge in [0.25, 0.3) is 5.91 Å². The van der Waals surface area contributed by atoms with Gasteiger partial charge < -0.3 is 9.47 Å². The van der Waals surface area contributed by atoms with Crippen molar-refractivity contribution in [3.63, 3.8) is 0 Å². The van der Waals surface area contributed by atoms with E-state index in [-0.39, 0.29) is 17.4 Å². The summed E-state index contributed by atoms with van der Waals surface area (Å²) in [5, 5.41) is 4.68. The Labute approximate surface area is 217 Å². The lowest BCUT2D eigenvalue weighted by molar-refractivity contribution is -0.123. The zero-order valence-corrected chi connectivity index (χ0v) is 21.8. The molecule has 3 aromatic rings. The number of amides is 1. The molecule has 0 fully saturated rings. The van der Waals surface area contributed by atoms with E-state index in [0.29, 0.717) is 26.4 Å². The number of hydrogen-bond donors (Lipinski definition) is 1. The molecule has 0 radical (unpaired) electrons. The second-order valence-electron chi connectivity index (χ2n) is 6.72. The number of ether oxygens (including phenoxy) is 2. The van der Waals surface area contributed by atoms with E-state index in [1.165, 1.54) is 12.3 Å². The van der Waals surface area contributed by atoms with Gasteiger partial charge >= 0.3 is 5.97 Å². The predicted molar refractivity (Wildman–Crippen MR) is 136 cm³/mol. The van der Waals surface area contributed by atoms with Crippen molar-refractivity contribution in [2.75, 3.05) is 6.61 Å². The van der Waals surface area contributed by atoms with Gasteiger partial charge in [-0.15, -0.1) is 0 Å². The van der Waals surface area contributed by atoms with Gasteiger partial charge in [0.1, 0.15) is 5.75 Å². The fourth-order valence-corrected chi connectivity index (χ4v) is 4.45. The number of carbonyl (C=O) groups is 2. The van der Waals surface area contributed by atoms with Crippen LogP contribution >= 0.6 is 55.1 Å². The molecule has 0 saturated heterocycles. The third-order valence-corrected chi connectivity index (χ3v) is 5.71. The van der Waals surface area contributed by atoms with Crippen LogP contribution in [-0.2, 0) is 4.79 Å². The number of hydrazone groups is 1. The number of rotatable bonds is 7. The van der Waals surface area contributed by atoms with E-state index < -0.39 is 11.9 Å². The number of aryl methyl sites for hydroxylation is 1. The van der Waals surface area contributed by atoms with Crippen LogP contribution in [0.25, 0.3) is 0 Å². The van der Waals surface area contributed by atoms with Crippen molar-refractivity contribution in [3.8, 4) is 11.5 Å². The van der Waals surface area contributed by atoms with E-state index >= 15 is 0 Å². The van der Waals surface area contributed by atoms with Crippen molar-refractivity contribution in [3.05, 3.63) is 90.3 Å². The summed E-state index contributed by atoms with van der Waals surface area (Å²) in [6.45, 7) is 1.58. The monoisotopic (exact) mass is 612 g/mol. The van der Waals surface area contributed by atoms with Crippen molar-refractivity contribution < 1.29 is 19.1 Å². The Bertz CT molecular complexity index is 1240. The maximum Gasteiger partial charge on any atom is 0.343 e. The summed E-state index contributed by atoms with van der Waals surface area (Å²) in [4.78, 5) is 24.7. The van der Waals surface area contributed by atoms with Gasteiger partial charge in [-0.2, -0.15) is 5.10 Å². The Morgan fingerprint density at radius 1 is 1.09 bits per heavy atom. The molecular formula is C23H16Br2Cl2N2O4. The first kappa shape index (κ1) is 25.2. The molecule has 0 bridgehead atoms. The van der Waals surface area contributed by atoms with Crippen LogP contribution in [0.4, 0.5) is 0 Å². The quantitative estimate of drug-likeness (QED) is 0.141. The van der Waals surface area contributed by atoms with Gasteiger partial charge in [-0.25, -0.2) is 10.2 Å². The topological polar surface area (TPSA) is 77.0 Å². The van der Waals surface area contributed by atoms with Crippen LogP contribution in [0.1, 0.15) is 21.5 Å². The van der Waals surface area contributed by atoms with Crippen molar-refractivity contribution in [1.82, 2.24) is 5.43 Å². The number of nitrogens with zero attached hydrogens (tertiary/aromatic N) is 1. The maximum atomic E-state index is 12.6. The van der Waals surface area contributed by atoms with E-state index in [9.17, 15) is 9.59 Å². The molecule has 33 heavy (non-hydrogen) atoms. The summed E-state index contributed by atoms with van der Waals surface area (Å²) < 4.78 is 12.2. The Morgan fingerprint density at radius 2 is 1.88 bits per heavy atom. The molecule has 0 aliphatic rings. The zero-order chi connectivity index (χ0) is 24.0. The van der Waals surface area contributed by atoms with Crippen molar-refractivity contribution in [2.45, 2.75) is 6.92 Å². The van der Waals surface area contributed by atoms with Crippen molar-refractivity contribution >= 4 is 73.2 Å². The largest absolute Gasteiger partial charge is 0.482 e. The minimum absolute atomic E-state index is 0.256. The highest BCUT2D eigenvalue weighted by Crippen LogP contribution is 2.33. The van der Waals surface area contributed by atoms with Crippen LogP contribution in [0.5, 0.6) is 11.5 Å². The molecule has 0 aromatic heterocycles. The first-order valence-corrected chi connectivity index (χ1v) is 11.7. The molecule has 1 N–H and O–H groups in total. The third kappa shape index (κ3) is 7.30. The standard InChI is InChI=1S/C23H16Br2Cl2N2O4/c1-13-3-2-4-14(7-13)23(31)33-22-15(8-16(24)9-18(22)25)11-28-29-21(30)12-32-20-6-5-17(26)10-19(20)27/h2-11H,12H2,1H3,(H,29,30)/b28-11+. The molecule has 0 aliphatic carbocycles. The normalized spacial score (nSPS) is 10.8. The smallest absolute Gasteiger partial charge is 0.343 e. The summed E-state index contributed by atoms with van der Waals surface area (Å²) >= 11 is 18.6. The number of halogens is 4. The lowest BCUT2D eigenvalue weighted by Crippen LogP contribution is -2.24. The number of hydrogen-bond acceptors (Lipinski definition) is 5. The molecule has 3 aromatic carbocycles. The van der Waals surface area contributed by atoms with Crippen LogP contribution in [0.15, 0.2) is 68.6 Å². The lowest BCUT2D eigenvalue weighted by Gasteiger charge is -2.11. The van der Waals surface area contributed by atoms with E-state index in [1.807, 2.05) is 13.0 Å². The molecule has 3 rings (SSSR count). The van der Waals surface area contributed by atoms with Gasteiger partial charge in [-0.3, -0.25) is 4.79 Å². The molecule has 0 saturated carbocycles. The Balaban J connectivity index is 1.68. The molecule has 0 atom stereocenters. The molecule has 0 aliphatic heterocycles. The van der Waals surface area contributed by atoms with Gasteiger partial charge in [-0.1, -0.05) is 56.8 Å². The van der Waals surface area contributed by atoms with Gasteiger partial charge in [0.2, 0.25) is 0 Å². The zero-order valence-electron chi connectivity index (χ0n) is 17.1. The highest BCUT2D eigenvalue weighted by molar-refractivity contribution is 9.11. The fraction of sp³-hybridized carbons (Fsp3) is 0.0870. The summed E-state index contributed by atoms with van der Waals surface area (Å²) in [7, 11) is 0. The Kier molecular flexibility index (Phi) is 8.91. The van der Waals surface area contributed by atoms with E-state index in [4.69, 9.17) is 32.7 Å². The first-order valence-electron chi connectivity index (χ1n) is 9.40. The summed E-state index contributed by atoms with van der Waals surface area (Å²) in [5.41, 5.74) is 4.17. The summed E-state index contributed by atoms with van der Waals surface area (Å²) in [6.07, 6.45) is 1.36.